The monoisotopic (exact) mass is 288 g/mol. The summed E-state index contributed by atoms with van der Waals surface area (Å²) in [5.41, 5.74) is 7.92. The number of benzene rings is 1. The summed E-state index contributed by atoms with van der Waals surface area (Å²) in [5, 5.41) is 0. The fourth-order valence-electron chi connectivity index (χ4n) is 3.40. The zero-order chi connectivity index (χ0) is 15.3. The van der Waals surface area contributed by atoms with Crippen molar-refractivity contribution in [3.05, 3.63) is 35.4 Å². The number of hydrogen-bond acceptors (Lipinski definition) is 3. The van der Waals surface area contributed by atoms with E-state index < -0.39 is 5.60 Å². The summed E-state index contributed by atoms with van der Waals surface area (Å²) in [4.78, 5) is 14.1. The van der Waals surface area contributed by atoms with Crippen LogP contribution in [0.25, 0.3) is 0 Å². The van der Waals surface area contributed by atoms with Gasteiger partial charge in [-0.15, -0.1) is 0 Å². The Hall–Kier alpha value is -1.55. The molecule has 0 spiro atoms. The second kappa shape index (κ2) is 4.73. The van der Waals surface area contributed by atoms with Crippen LogP contribution in [0.1, 0.15) is 38.3 Å². The van der Waals surface area contributed by atoms with Crippen LogP contribution in [0.2, 0.25) is 0 Å². The average molecular weight is 288 g/mol. The molecule has 21 heavy (non-hydrogen) atoms. The minimum Gasteiger partial charge on any atom is -0.444 e. The maximum absolute atomic E-state index is 12.2. The highest BCUT2D eigenvalue weighted by atomic mass is 16.6. The van der Waals surface area contributed by atoms with Gasteiger partial charge in [0, 0.05) is 25.0 Å². The normalized spacial score (nSPS) is 27.4. The van der Waals surface area contributed by atoms with Crippen LogP contribution < -0.4 is 5.73 Å². The first-order valence-electron chi connectivity index (χ1n) is 7.61. The Kier molecular flexibility index (Phi) is 3.24. The van der Waals surface area contributed by atoms with Gasteiger partial charge in [0.15, 0.2) is 0 Å². The second-order valence-electron chi connectivity index (χ2n) is 7.32. The molecule has 0 aromatic heterocycles. The van der Waals surface area contributed by atoms with Crippen molar-refractivity contribution in [2.75, 3.05) is 13.1 Å². The van der Waals surface area contributed by atoms with Crippen LogP contribution in [0, 0.1) is 5.92 Å². The lowest BCUT2D eigenvalue weighted by atomic mass is 9.93. The highest BCUT2D eigenvalue weighted by Gasteiger charge is 2.62. The fraction of sp³-hybridized carbons (Fsp3) is 0.588. The molecule has 2 atom stereocenters. The van der Waals surface area contributed by atoms with E-state index in [4.69, 9.17) is 10.5 Å². The molecule has 3 rings (SSSR count). The van der Waals surface area contributed by atoms with E-state index in [1.165, 1.54) is 12.0 Å². The van der Waals surface area contributed by atoms with Crippen molar-refractivity contribution in [3.63, 3.8) is 0 Å². The van der Waals surface area contributed by atoms with E-state index in [1.807, 2.05) is 25.7 Å². The van der Waals surface area contributed by atoms with Gasteiger partial charge >= 0.3 is 6.09 Å². The minimum atomic E-state index is -0.434. The number of nitrogens with zero attached hydrogens (tertiary/aromatic N) is 1. The maximum atomic E-state index is 12.2. The number of amides is 1. The van der Waals surface area contributed by atoms with Crippen molar-refractivity contribution < 1.29 is 9.53 Å². The number of likely N-dealkylation sites (tertiary alicyclic amines) is 1. The Labute approximate surface area is 126 Å². The average Bonchev–Trinajstić information content (AvgIpc) is 2.99. The molecule has 1 aromatic rings. The van der Waals surface area contributed by atoms with Gasteiger partial charge < -0.3 is 15.4 Å². The number of hydrogen-bond donors (Lipinski definition) is 1. The van der Waals surface area contributed by atoms with E-state index in [0.717, 1.165) is 18.7 Å². The third kappa shape index (κ3) is 2.64. The lowest BCUT2D eigenvalue weighted by molar-refractivity contribution is 0.0270. The molecule has 1 aliphatic carbocycles. The molecular weight excluding hydrogens is 264 g/mol. The summed E-state index contributed by atoms with van der Waals surface area (Å²) in [7, 11) is 0. The third-order valence-electron chi connectivity index (χ3n) is 4.54. The molecule has 114 valence electrons. The van der Waals surface area contributed by atoms with E-state index in [0.29, 0.717) is 12.5 Å². The van der Waals surface area contributed by atoms with E-state index in [1.54, 1.807) is 0 Å². The fourth-order valence-corrected chi connectivity index (χ4v) is 3.40. The minimum absolute atomic E-state index is 0.141. The highest BCUT2D eigenvalue weighted by Crippen LogP contribution is 2.59. The Balaban J connectivity index is 1.73. The Bertz CT molecular complexity index is 564. The predicted molar refractivity (Wildman–Crippen MR) is 81.9 cm³/mol. The summed E-state index contributed by atoms with van der Waals surface area (Å²) in [5.74, 6) is 0.568. The number of piperidine rings is 1. The summed E-state index contributed by atoms with van der Waals surface area (Å²) >= 11 is 0. The smallest absolute Gasteiger partial charge is 0.410 e. The molecule has 1 saturated carbocycles. The zero-order valence-electron chi connectivity index (χ0n) is 13.1. The van der Waals surface area contributed by atoms with Crippen molar-refractivity contribution >= 4 is 6.09 Å². The first-order chi connectivity index (χ1) is 9.84. The molecule has 4 heteroatoms. The number of carbonyl (C=O) groups excluding carboxylic acids is 1. The molecule has 1 amide bonds. The Morgan fingerprint density at radius 3 is 2.90 bits per heavy atom. The first kappa shape index (κ1) is 14.4. The van der Waals surface area contributed by atoms with Gasteiger partial charge in [0.1, 0.15) is 5.60 Å². The van der Waals surface area contributed by atoms with E-state index in [-0.39, 0.29) is 11.5 Å². The summed E-state index contributed by atoms with van der Waals surface area (Å²) in [6, 6.07) is 8.48. The highest BCUT2D eigenvalue weighted by molar-refractivity contribution is 5.69. The molecule has 1 saturated heterocycles. The molecule has 0 bridgehead atoms. The van der Waals surface area contributed by atoms with Gasteiger partial charge in [-0.05, 0) is 44.2 Å². The van der Waals surface area contributed by atoms with Crippen molar-refractivity contribution in [2.45, 2.75) is 44.8 Å². The molecule has 2 fully saturated rings. The largest absolute Gasteiger partial charge is 0.444 e. The van der Waals surface area contributed by atoms with Gasteiger partial charge in [0.2, 0.25) is 0 Å². The van der Waals surface area contributed by atoms with Gasteiger partial charge in [0.25, 0.3) is 0 Å². The summed E-state index contributed by atoms with van der Waals surface area (Å²) in [6.45, 7) is 7.85. The number of nitrogens with two attached hydrogens (primary N) is 1. The first-order valence-corrected chi connectivity index (χ1v) is 7.61. The van der Waals surface area contributed by atoms with Crippen LogP contribution in [0.3, 0.4) is 0 Å². The summed E-state index contributed by atoms with van der Waals surface area (Å²) < 4.78 is 5.48. The standard InChI is InChI=1S/C17H24N2O2/c1-16(2,3)21-15(20)19-10-14-8-17(14,11-19)13-6-4-5-12(7-13)9-18/h4-7,14H,8-11,18H2,1-3H3. The van der Waals surface area contributed by atoms with Gasteiger partial charge in [0.05, 0.1) is 0 Å². The van der Waals surface area contributed by atoms with E-state index >= 15 is 0 Å². The van der Waals surface area contributed by atoms with E-state index in [9.17, 15) is 4.79 Å². The maximum Gasteiger partial charge on any atom is 0.410 e. The van der Waals surface area contributed by atoms with Gasteiger partial charge in [-0.2, -0.15) is 0 Å². The molecular formula is C17H24N2O2. The molecule has 2 unspecified atom stereocenters. The third-order valence-corrected chi connectivity index (χ3v) is 4.54. The Morgan fingerprint density at radius 2 is 2.24 bits per heavy atom. The number of carbonyl (C=O) groups is 1. The molecule has 1 aliphatic heterocycles. The van der Waals surface area contributed by atoms with Crippen LogP contribution in [0.5, 0.6) is 0 Å². The molecule has 4 nitrogen and oxygen atoms in total. The SMILES string of the molecule is CC(C)(C)OC(=O)N1CC2CC2(c2cccc(CN)c2)C1. The molecule has 2 aliphatic rings. The number of rotatable bonds is 2. The molecule has 1 aromatic carbocycles. The predicted octanol–water partition coefficient (Wildman–Crippen LogP) is 2.65. The van der Waals surface area contributed by atoms with Crippen LogP contribution in [-0.4, -0.2) is 29.7 Å². The number of fused-ring (bicyclic) bond motifs is 1. The molecule has 2 N–H and O–H groups in total. The van der Waals surface area contributed by atoms with Crippen LogP contribution in [0.15, 0.2) is 24.3 Å². The van der Waals surface area contributed by atoms with Crippen LogP contribution >= 0.6 is 0 Å². The number of ether oxygens (including phenoxy) is 1. The van der Waals surface area contributed by atoms with Gasteiger partial charge in [-0.3, -0.25) is 0 Å². The lowest BCUT2D eigenvalue weighted by Crippen LogP contribution is -2.37. The topological polar surface area (TPSA) is 55.6 Å². The van der Waals surface area contributed by atoms with Crippen LogP contribution in [-0.2, 0) is 16.7 Å². The summed E-state index contributed by atoms with van der Waals surface area (Å²) in [6.07, 6.45) is 0.976. The van der Waals surface area contributed by atoms with Gasteiger partial charge in [-0.1, -0.05) is 24.3 Å². The zero-order valence-corrected chi connectivity index (χ0v) is 13.1. The lowest BCUT2D eigenvalue weighted by Gasteiger charge is -2.26. The second-order valence-corrected chi connectivity index (χ2v) is 7.32. The van der Waals surface area contributed by atoms with Crippen molar-refractivity contribution in [3.8, 4) is 0 Å². The molecule has 0 radical (unpaired) electrons. The quantitative estimate of drug-likeness (QED) is 0.910. The Morgan fingerprint density at radius 1 is 1.48 bits per heavy atom. The van der Waals surface area contributed by atoms with Crippen molar-refractivity contribution in [2.24, 2.45) is 11.7 Å². The van der Waals surface area contributed by atoms with Crippen LogP contribution in [0.4, 0.5) is 4.79 Å². The van der Waals surface area contributed by atoms with Crippen molar-refractivity contribution in [1.29, 1.82) is 0 Å². The van der Waals surface area contributed by atoms with Crippen molar-refractivity contribution in [1.82, 2.24) is 4.90 Å². The van der Waals surface area contributed by atoms with Gasteiger partial charge in [-0.25, -0.2) is 4.79 Å². The molecule has 1 heterocycles. The van der Waals surface area contributed by atoms with E-state index in [2.05, 4.69) is 24.3 Å².